The zero-order chi connectivity index (χ0) is 10.9. The summed E-state index contributed by atoms with van der Waals surface area (Å²) in [5.41, 5.74) is 5.29. The molecule has 3 nitrogen and oxygen atoms in total. The van der Waals surface area contributed by atoms with E-state index in [1.165, 1.54) is 12.8 Å². The standard InChI is InChI=1S/C12H24N2O/c1-2-3-10(8-13)12(15)6-7-14(9-12)11-4-5-11/h10-11,15H,2-9,13H2,1H3. The molecule has 2 fully saturated rings. The van der Waals surface area contributed by atoms with Gasteiger partial charge in [-0.05, 0) is 32.2 Å². The van der Waals surface area contributed by atoms with Crippen LogP contribution in [0.1, 0.15) is 39.0 Å². The Morgan fingerprint density at radius 3 is 2.80 bits per heavy atom. The minimum atomic E-state index is -0.493. The van der Waals surface area contributed by atoms with E-state index in [2.05, 4.69) is 11.8 Å². The lowest BCUT2D eigenvalue weighted by molar-refractivity contribution is -0.00993. The van der Waals surface area contributed by atoms with Crippen molar-refractivity contribution in [1.29, 1.82) is 0 Å². The predicted molar refractivity (Wildman–Crippen MR) is 61.6 cm³/mol. The van der Waals surface area contributed by atoms with Crippen molar-refractivity contribution in [3.63, 3.8) is 0 Å². The molecule has 3 N–H and O–H groups in total. The highest BCUT2D eigenvalue weighted by atomic mass is 16.3. The molecule has 0 bridgehead atoms. The molecular formula is C12H24N2O. The number of hydrogen-bond donors (Lipinski definition) is 2. The van der Waals surface area contributed by atoms with E-state index < -0.39 is 5.60 Å². The lowest BCUT2D eigenvalue weighted by atomic mass is 9.83. The van der Waals surface area contributed by atoms with Crippen LogP contribution in [0, 0.1) is 5.92 Å². The summed E-state index contributed by atoms with van der Waals surface area (Å²) in [4.78, 5) is 2.46. The molecule has 0 aromatic carbocycles. The van der Waals surface area contributed by atoms with Gasteiger partial charge in [0.15, 0.2) is 0 Å². The van der Waals surface area contributed by atoms with Gasteiger partial charge >= 0.3 is 0 Å². The van der Waals surface area contributed by atoms with Crippen LogP contribution in [0.3, 0.4) is 0 Å². The molecule has 1 heterocycles. The number of nitrogens with zero attached hydrogens (tertiary/aromatic N) is 1. The molecule has 1 aliphatic carbocycles. The molecule has 2 rings (SSSR count). The average Bonchev–Trinajstić information content (AvgIpc) is 2.99. The van der Waals surface area contributed by atoms with Gasteiger partial charge < -0.3 is 10.8 Å². The van der Waals surface area contributed by atoms with E-state index in [9.17, 15) is 5.11 Å². The predicted octanol–water partition coefficient (Wildman–Crippen LogP) is 0.961. The Kier molecular flexibility index (Phi) is 3.33. The first-order valence-corrected chi connectivity index (χ1v) is 6.36. The minimum Gasteiger partial charge on any atom is -0.388 e. The molecule has 0 radical (unpaired) electrons. The Balaban J connectivity index is 1.93. The molecule has 1 saturated carbocycles. The monoisotopic (exact) mass is 212 g/mol. The Labute approximate surface area is 92.6 Å². The fraction of sp³-hybridized carbons (Fsp3) is 1.00. The van der Waals surface area contributed by atoms with Gasteiger partial charge in [0.2, 0.25) is 0 Å². The Morgan fingerprint density at radius 2 is 2.27 bits per heavy atom. The van der Waals surface area contributed by atoms with E-state index in [4.69, 9.17) is 5.73 Å². The van der Waals surface area contributed by atoms with E-state index in [1.807, 2.05) is 0 Å². The molecule has 0 aromatic heterocycles. The van der Waals surface area contributed by atoms with Gasteiger partial charge in [-0.15, -0.1) is 0 Å². The normalized spacial score (nSPS) is 34.6. The van der Waals surface area contributed by atoms with Crippen molar-refractivity contribution in [3.8, 4) is 0 Å². The summed E-state index contributed by atoms with van der Waals surface area (Å²) in [5.74, 6) is 0.297. The number of aliphatic hydroxyl groups is 1. The van der Waals surface area contributed by atoms with E-state index in [0.717, 1.165) is 38.4 Å². The SMILES string of the molecule is CCCC(CN)C1(O)CCN(C2CC2)C1. The zero-order valence-electron chi connectivity index (χ0n) is 9.78. The lowest BCUT2D eigenvalue weighted by Crippen LogP contribution is -2.44. The van der Waals surface area contributed by atoms with Gasteiger partial charge in [-0.2, -0.15) is 0 Å². The van der Waals surface area contributed by atoms with Crippen molar-refractivity contribution in [2.24, 2.45) is 11.7 Å². The van der Waals surface area contributed by atoms with Crippen molar-refractivity contribution in [2.45, 2.75) is 50.7 Å². The van der Waals surface area contributed by atoms with Crippen molar-refractivity contribution < 1.29 is 5.11 Å². The fourth-order valence-corrected chi connectivity index (χ4v) is 2.89. The topological polar surface area (TPSA) is 49.5 Å². The van der Waals surface area contributed by atoms with Crippen LogP contribution in [-0.2, 0) is 0 Å². The third-order valence-electron chi connectivity index (χ3n) is 4.05. The second-order valence-electron chi connectivity index (χ2n) is 5.28. The maximum atomic E-state index is 10.6. The third kappa shape index (κ3) is 2.35. The van der Waals surface area contributed by atoms with Gasteiger partial charge in [-0.25, -0.2) is 0 Å². The summed E-state index contributed by atoms with van der Waals surface area (Å²) in [7, 11) is 0. The maximum Gasteiger partial charge on any atom is 0.0826 e. The lowest BCUT2D eigenvalue weighted by Gasteiger charge is -2.32. The van der Waals surface area contributed by atoms with Crippen molar-refractivity contribution in [2.75, 3.05) is 19.6 Å². The molecule has 3 heteroatoms. The largest absolute Gasteiger partial charge is 0.388 e. The number of likely N-dealkylation sites (tertiary alicyclic amines) is 1. The molecule has 2 aliphatic rings. The highest BCUT2D eigenvalue weighted by molar-refractivity contribution is 5.00. The van der Waals surface area contributed by atoms with Crippen LogP contribution in [0.2, 0.25) is 0 Å². The highest BCUT2D eigenvalue weighted by Crippen LogP contribution is 2.37. The van der Waals surface area contributed by atoms with Crippen molar-refractivity contribution in [3.05, 3.63) is 0 Å². The first kappa shape index (κ1) is 11.4. The summed E-state index contributed by atoms with van der Waals surface area (Å²) in [6.45, 7) is 4.73. The quantitative estimate of drug-likeness (QED) is 0.713. The number of β-amino-alcohol motifs (C(OH)–C–C–N with tert-alkyl or cyclic N) is 1. The van der Waals surface area contributed by atoms with Crippen LogP contribution in [-0.4, -0.2) is 41.3 Å². The van der Waals surface area contributed by atoms with Crippen molar-refractivity contribution >= 4 is 0 Å². The van der Waals surface area contributed by atoms with Gasteiger partial charge in [0.25, 0.3) is 0 Å². The smallest absolute Gasteiger partial charge is 0.0826 e. The van der Waals surface area contributed by atoms with Gasteiger partial charge in [0.05, 0.1) is 5.60 Å². The van der Waals surface area contributed by atoms with E-state index in [-0.39, 0.29) is 0 Å². The van der Waals surface area contributed by atoms with Crippen LogP contribution in [0.5, 0.6) is 0 Å². The van der Waals surface area contributed by atoms with Gasteiger partial charge in [-0.1, -0.05) is 13.3 Å². The number of hydrogen-bond acceptors (Lipinski definition) is 3. The summed E-state index contributed by atoms with van der Waals surface area (Å²) < 4.78 is 0. The molecular weight excluding hydrogens is 188 g/mol. The molecule has 0 aromatic rings. The first-order valence-electron chi connectivity index (χ1n) is 6.36. The number of nitrogens with two attached hydrogens (primary N) is 1. The van der Waals surface area contributed by atoms with Crippen LogP contribution in [0.4, 0.5) is 0 Å². The second kappa shape index (κ2) is 4.40. The molecule has 2 atom stereocenters. The highest BCUT2D eigenvalue weighted by Gasteiger charge is 2.45. The average molecular weight is 212 g/mol. The summed E-state index contributed by atoms with van der Waals surface area (Å²) in [6, 6.07) is 0.777. The minimum absolute atomic E-state index is 0.297. The second-order valence-corrected chi connectivity index (χ2v) is 5.28. The van der Waals surface area contributed by atoms with Crippen LogP contribution in [0.25, 0.3) is 0 Å². The van der Waals surface area contributed by atoms with E-state index in [0.29, 0.717) is 12.5 Å². The summed E-state index contributed by atoms with van der Waals surface area (Å²) in [5, 5.41) is 10.6. The molecule has 0 spiro atoms. The molecule has 1 aliphatic heterocycles. The van der Waals surface area contributed by atoms with Gasteiger partial charge in [0, 0.05) is 25.0 Å². The fourth-order valence-electron chi connectivity index (χ4n) is 2.89. The molecule has 88 valence electrons. The molecule has 2 unspecified atom stereocenters. The Bertz CT molecular complexity index is 218. The Morgan fingerprint density at radius 1 is 1.53 bits per heavy atom. The van der Waals surface area contributed by atoms with Crippen molar-refractivity contribution in [1.82, 2.24) is 4.90 Å². The van der Waals surface area contributed by atoms with Gasteiger partial charge in [0.1, 0.15) is 0 Å². The zero-order valence-corrected chi connectivity index (χ0v) is 9.78. The van der Waals surface area contributed by atoms with Crippen LogP contribution < -0.4 is 5.73 Å². The summed E-state index contributed by atoms with van der Waals surface area (Å²) in [6.07, 6.45) is 5.76. The first-order chi connectivity index (χ1) is 7.19. The van der Waals surface area contributed by atoms with Gasteiger partial charge in [-0.3, -0.25) is 4.90 Å². The number of rotatable bonds is 5. The van der Waals surface area contributed by atoms with Crippen LogP contribution >= 0.6 is 0 Å². The maximum absolute atomic E-state index is 10.6. The van der Waals surface area contributed by atoms with E-state index in [1.54, 1.807) is 0 Å². The van der Waals surface area contributed by atoms with E-state index >= 15 is 0 Å². The summed E-state index contributed by atoms with van der Waals surface area (Å²) >= 11 is 0. The van der Waals surface area contributed by atoms with Crippen LogP contribution in [0.15, 0.2) is 0 Å². The Hall–Kier alpha value is -0.120. The third-order valence-corrected chi connectivity index (χ3v) is 4.05. The molecule has 1 saturated heterocycles. The molecule has 15 heavy (non-hydrogen) atoms. The molecule has 0 amide bonds.